The van der Waals surface area contributed by atoms with Crippen LogP contribution in [0.25, 0.3) is 0 Å². The lowest BCUT2D eigenvalue weighted by atomic mass is 9.87. The van der Waals surface area contributed by atoms with Gasteiger partial charge >= 0.3 is 0 Å². The number of benzene rings is 1. The number of rotatable bonds is 7. The zero-order valence-corrected chi connectivity index (χ0v) is 18.6. The Labute approximate surface area is 185 Å². The van der Waals surface area contributed by atoms with Crippen molar-refractivity contribution in [1.29, 1.82) is 0 Å². The molecule has 1 aromatic carbocycles. The topological polar surface area (TPSA) is 82.2 Å². The van der Waals surface area contributed by atoms with Gasteiger partial charge < -0.3 is 20.9 Å². The van der Waals surface area contributed by atoms with Crippen molar-refractivity contribution in [2.75, 3.05) is 29.9 Å². The molecule has 0 unspecified atom stereocenters. The quantitative estimate of drug-likeness (QED) is 0.634. The molecule has 3 N–H and O–H groups in total. The Morgan fingerprint density at radius 1 is 1.10 bits per heavy atom. The van der Waals surface area contributed by atoms with E-state index in [2.05, 4.69) is 44.7 Å². The van der Waals surface area contributed by atoms with Gasteiger partial charge in [-0.1, -0.05) is 26.0 Å². The van der Waals surface area contributed by atoms with Gasteiger partial charge in [-0.3, -0.25) is 4.79 Å². The van der Waals surface area contributed by atoms with Gasteiger partial charge in [0.25, 0.3) is 0 Å². The first-order valence-electron chi connectivity index (χ1n) is 11.5. The number of aromatic nitrogens is 2. The van der Waals surface area contributed by atoms with E-state index in [1.54, 1.807) is 0 Å². The lowest BCUT2D eigenvalue weighted by molar-refractivity contribution is -0.122. The third-order valence-electron chi connectivity index (χ3n) is 6.49. The minimum absolute atomic E-state index is 0.0366. The zero-order chi connectivity index (χ0) is 21.6. The van der Waals surface area contributed by atoms with Crippen LogP contribution in [-0.2, 0) is 11.3 Å². The van der Waals surface area contributed by atoms with E-state index in [0.29, 0.717) is 6.54 Å². The summed E-state index contributed by atoms with van der Waals surface area (Å²) in [5, 5.41) is 9.58. The average Bonchev–Trinajstić information content (AvgIpc) is 3.34. The van der Waals surface area contributed by atoms with E-state index in [1.807, 2.05) is 36.7 Å². The summed E-state index contributed by atoms with van der Waals surface area (Å²) in [7, 11) is 0. The lowest BCUT2D eigenvalue weighted by Crippen LogP contribution is -2.39. The highest BCUT2D eigenvalue weighted by atomic mass is 16.2. The molecule has 7 nitrogen and oxygen atoms in total. The molecule has 2 aliphatic rings. The third kappa shape index (κ3) is 5.73. The molecule has 1 atom stereocenters. The number of hydrogen-bond donors (Lipinski definition) is 3. The molecule has 0 aliphatic carbocycles. The van der Waals surface area contributed by atoms with Crippen LogP contribution < -0.4 is 20.9 Å². The van der Waals surface area contributed by atoms with Crippen molar-refractivity contribution < 1.29 is 4.79 Å². The maximum atomic E-state index is 12.1. The molecular weight excluding hydrogens is 388 g/mol. The van der Waals surface area contributed by atoms with E-state index in [-0.39, 0.29) is 11.9 Å². The summed E-state index contributed by atoms with van der Waals surface area (Å²) < 4.78 is 0. The summed E-state index contributed by atoms with van der Waals surface area (Å²) in [5.74, 6) is 2.47. The molecule has 0 radical (unpaired) electrons. The van der Waals surface area contributed by atoms with Gasteiger partial charge in [0.15, 0.2) is 0 Å². The molecule has 2 aliphatic heterocycles. The van der Waals surface area contributed by atoms with Crippen molar-refractivity contribution in [3.8, 4) is 0 Å². The molecule has 0 saturated carbocycles. The summed E-state index contributed by atoms with van der Waals surface area (Å²) in [6.07, 6.45) is 8.11. The van der Waals surface area contributed by atoms with Crippen LogP contribution >= 0.6 is 0 Å². The first-order chi connectivity index (χ1) is 15.1. The molecule has 7 heteroatoms. The number of piperidine rings is 1. The standard InChI is InChI=1S/C24H34N6O/c1-17(2)19-9-12-30(13-10-19)24-27-15-21(16-28-24)29-20-7-5-18(6-8-20)14-26-23(31)22-4-3-11-25-22/h5-8,15-17,19,22,25,29H,3-4,9-14H2,1-2H3,(H,26,31)/t22-/m1/s1. The van der Waals surface area contributed by atoms with E-state index >= 15 is 0 Å². The second-order valence-electron chi connectivity index (χ2n) is 9.03. The Bertz CT molecular complexity index is 837. The van der Waals surface area contributed by atoms with Crippen LogP contribution in [-0.4, -0.2) is 41.6 Å². The van der Waals surface area contributed by atoms with Crippen molar-refractivity contribution >= 4 is 23.2 Å². The molecular formula is C24H34N6O. The van der Waals surface area contributed by atoms with E-state index in [1.165, 1.54) is 12.8 Å². The molecule has 166 valence electrons. The third-order valence-corrected chi connectivity index (χ3v) is 6.49. The van der Waals surface area contributed by atoms with E-state index in [9.17, 15) is 4.79 Å². The van der Waals surface area contributed by atoms with Crippen molar-refractivity contribution in [2.45, 2.75) is 52.1 Å². The molecule has 2 fully saturated rings. The van der Waals surface area contributed by atoms with Crippen LogP contribution in [0.1, 0.15) is 45.1 Å². The molecule has 0 bridgehead atoms. The van der Waals surface area contributed by atoms with Crippen LogP contribution in [0.15, 0.2) is 36.7 Å². The second kappa shape index (κ2) is 10.1. The maximum Gasteiger partial charge on any atom is 0.237 e. The van der Waals surface area contributed by atoms with Gasteiger partial charge in [-0.15, -0.1) is 0 Å². The van der Waals surface area contributed by atoms with Crippen LogP contribution in [0.2, 0.25) is 0 Å². The Morgan fingerprint density at radius 3 is 2.42 bits per heavy atom. The molecule has 4 rings (SSSR count). The first-order valence-corrected chi connectivity index (χ1v) is 11.5. The van der Waals surface area contributed by atoms with Crippen LogP contribution in [0.4, 0.5) is 17.3 Å². The molecule has 31 heavy (non-hydrogen) atoms. The predicted molar refractivity (Wildman–Crippen MR) is 124 cm³/mol. The number of amides is 1. The number of nitrogens with one attached hydrogen (secondary N) is 3. The number of nitrogens with zero attached hydrogens (tertiary/aromatic N) is 3. The monoisotopic (exact) mass is 422 g/mol. The van der Waals surface area contributed by atoms with Crippen LogP contribution in [0.3, 0.4) is 0 Å². The molecule has 2 saturated heterocycles. The number of anilines is 3. The largest absolute Gasteiger partial charge is 0.353 e. The van der Waals surface area contributed by atoms with Crippen molar-refractivity contribution in [3.05, 3.63) is 42.2 Å². The minimum Gasteiger partial charge on any atom is -0.353 e. The second-order valence-corrected chi connectivity index (χ2v) is 9.03. The summed E-state index contributed by atoms with van der Waals surface area (Å²) >= 11 is 0. The molecule has 3 heterocycles. The summed E-state index contributed by atoms with van der Waals surface area (Å²) in [5.41, 5.74) is 2.92. The highest BCUT2D eigenvalue weighted by Gasteiger charge is 2.23. The highest BCUT2D eigenvalue weighted by Crippen LogP contribution is 2.26. The van der Waals surface area contributed by atoms with Gasteiger partial charge in [-0.25, -0.2) is 9.97 Å². The number of hydrogen-bond acceptors (Lipinski definition) is 6. The predicted octanol–water partition coefficient (Wildman–Crippen LogP) is 3.46. The van der Waals surface area contributed by atoms with Crippen molar-refractivity contribution in [1.82, 2.24) is 20.6 Å². The van der Waals surface area contributed by atoms with Gasteiger partial charge in [-0.2, -0.15) is 0 Å². The van der Waals surface area contributed by atoms with Crippen LogP contribution in [0.5, 0.6) is 0 Å². The normalized spacial score (nSPS) is 19.6. The first kappa shape index (κ1) is 21.6. The molecule has 0 spiro atoms. The average molecular weight is 423 g/mol. The molecule has 1 amide bonds. The van der Waals surface area contributed by atoms with Gasteiger partial charge in [0, 0.05) is 25.3 Å². The lowest BCUT2D eigenvalue weighted by Gasteiger charge is -2.33. The van der Waals surface area contributed by atoms with Crippen molar-refractivity contribution in [3.63, 3.8) is 0 Å². The van der Waals surface area contributed by atoms with Gasteiger partial charge in [0.05, 0.1) is 24.1 Å². The van der Waals surface area contributed by atoms with Gasteiger partial charge in [-0.05, 0) is 61.8 Å². The Hall–Kier alpha value is -2.67. The van der Waals surface area contributed by atoms with Gasteiger partial charge in [0.2, 0.25) is 11.9 Å². The zero-order valence-electron chi connectivity index (χ0n) is 18.6. The Morgan fingerprint density at radius 2 is 1.81 bits per heavy atom. The van der Waals surface area contributed by atoms with E-state index in [4.69, 9.17) is 0 Å². The number of carbonyl (C=O) groups excluding carboxylic acids is 1. The fourth-order valence-corrected chi connectivity index (χ4v) is 4.41. The van der Waals surface area contributed by atoms with Crippen molar-refractivity contribution in [2.24, 2.45) is 11.8 Å². The SMILES string of the molecule is CC(C)C1CCN(c2ncc(Nc3ccc(CNC(=O)[C@H]4CCCN4)cc3)cn2)CC1. The van der Waals surface area contributed by atoms with Crippen LogP contribution in [0, 0.1) is 11.8 Å². The molecule has 2 aromatic rings. The van der Waals surface area contributed by atoms with E-state index < -0.39 is 0 Å². The minimum atomic E-state index is -0.0366. The number of carbonyl (C=O) groups is 1. The Balaban J connectivity index is 1.26. The maximum absolute atomic E-state index is 12.1. The summed E-state index contributed by atoms with van der Waals surface area (Å²) in [6.45, 7) is 8.17. The Kier molecular flexibility index (Phi) is 7.02. The smallest absolute Gasteiger partial charge is 0.237 e. The van der Waals surface area contributed by atoms with Gasteiger partial charge in [0.1, 0.15) is 0 Å². The fourth-order valence-electron chi connectivity index (χ4n) is 4.41. The summed E-state index contributed by atoms with van der Waals surface area (Å²) in [4.78, 5) is 23.5. The highest BCUT2D eigenvalue weighted by molar-refractivity contribution is 5.82. The summed E-state index contributed by atoms with van der Waals surface area (Å²) in [6, 6.07) is 8.04. The fraction of sp³-hybridized carbons (Fsp3) is 0.542. The molecule has 1 aromatic heterocycles. The van der Waals surface area contributed by atoms with E-state index in [0.717, 1.165) is 67.2 Å².